The van der Waals surface area contributed by atoms with Crippen molar-refractivity contribution in [2.24, 2.45) is 0 Å². The van der Waals surface area contributed by atoms with Gasteiger partial charge in [0.1, 0.15) is 5.69 Å². The topological polar surface area (TPSA) is 36.1 Å². The number of hydrogen-bond donors (Lipinski definition) is 1. The number of nitrogens with zero attached hydrogens (tertiary/aromatic N) is 1. The molecule has 1 aromatic heterocycles. The van der Waals surface area contributed by atoms with E-state index < -0.39 is 0 Å². The summed E-state index contributed by atoms with van der Waals surface area (Å²) in [5.74, 6) is 0.0655. The molecule has 1 amide bonds. The molecule has 0 bridgehead atoms. The van der Waals surface area contributed by atoms with Gasteiger partial charge in [-0.3, -0.25) is 4.79 Å². The van der Waals surface area contributed by atoms with Crippen molar-refractivity contribution in [1.82, 2.24) is 9.88 Å². The Morgan fingerprint density at radius 1 is 1.05 bits per heavy atom. The van der Waals surface area contributed by atoms with Crippen molar-refractivity contribution in [3.8, 4) is 11.1 Å². The number of amides is 1. The second-order valence-corrected chi connectivity index (χ2v) is 5.55. The van der Waals surface area contributed by atoms with Crippen LogP contribution in [0.1, 0.15) is 16.1 Å². The minimum atomic E-state index is 0.0655. The van der Waals surface area contributed by atoms with Crippen LogP contribution in [0.4, 0.5) is 0 Å². The summed E-state index contributed by atoms with van der Waals surface area (Å²) >= 11 is 0. The maximum atomic E-state index is 12.7. The van der Waals surface area contributed by atoms with Gasteiger partial charge in [-0.05, 0) is 23.6 Å². The van der Waals surface area contributed by atoms with Gasteiger partial charge in [0.05, 0.1) is 0 Å². The molecule has 0 aliphatic carbocycles. The molecule has 2 aromatic carbocycles. The second kappa shape index (κ2) is 4.48. The van der Waals surface area contributed by atoms with Gasteiger partial charge in [0.25, 0.3) is 5.91 Å². The first kappa shape index (κ1) is 12.2. The Kier molecular flexibility index (Phi) is 2.61. The number of nitrogens with one attached hydrogen (secondary N) is 1. The van der Waals surface area contributed by atoms with Crippen LogP contribution in [0.15, 0.2) is 48.5 Å². The minimum absolute atomic E-state index is 0.0655. The maximum Gasteiger partial charge on any atom is 0.270 e. The predicted molar refractivity (Wildman–Crippen MR) is 84.4 cm³/mol. The van der Waals surface area contributed by atoms with Crippen molar-refractivity contribution >= 4 is 16.8 Å². The van der Waals surface area contributed by atoms with Gasteiger partial charge in [-0.15, -0.1) is 0 Å². The number of fused-ring (bicyclic) bond motifs is 5. The third-order valence-electron chi connectivity index (χ3n) is 4.27. The van der Waals surface area contributed by atoms with Crippen molar-refractivity contribution in [1.29, 1.82) is 0 Å². The molecule has 0 radical (unpaired) electrons. The minimum Gasteiger partial charge on any atom is -0.350 e. The monoisotopic (exact) mass is 276 g/mol. The number of para-hydroxylation sites is 1. The van der Waals surface area contributed by atoms with Gasteiger partial charge < -0.3 is 9.88 Å². The van der Waals surface area contributed by atoms with Gasteiger partial charge in [0.2, 0.25) is 0 Å². The fourth-order valence-corrected chi connectivity index (χ4v) is 3.14. The molecular weight excluding hydrogens is 260 g/mol. The van der Waals surface area contributed by atoms with Gasteiger partial charge in [-0.25, -0.2) is 0 Å². The van der Waals surface area contributed by atoms with E-state index in [9.17, 15) is 4.79 Å². The molecule has 0 saturated carbocycles. The van der Waals surface area contributed by atoms with E-state index in [1.54, 1.807) is 4.90 Å². The largest absolute Gasteiger partial charge is 0.350 e. The van der Waals surface area contributed by atoms with Crippen molar-refractivity contribution in [2.75, 3.05) is 13.6 Å². The van der Waals surface area contributed by atoms with E-state index in [0.717, 1.165) is 29.4 Å². The zero-order chi connectivity index (χ0) is 14.4. The zero-order valence-corrected chi connectivity index (χ0v) is 11.9. The molecule has 3 heteroatoms. The summed E-state index contributed by atoms with van der Waals surface area (Å²) in [5, 5.41) is 1.11. The molecule has 0 saturated heterocycles. The van der Waals surface area contributed by atoms with Crippen LogP contribution in [-0.4, -0.2) is 29.4 Å². The number of benzene rings is 2. The Balaban J connectivity index is 2.12. The first-order valence-electron chi connectivity index (χ1n) is 7.20. The standard InChI is InChI=1S/C18H16N2O/c1-20-11-10-12-6-2-3-7-13(12)16-14-8-4-5-9-15(14)19-17(16)18(20)21/h2-9,19H,10-11H2,1H3. The first-order valence-corrected chi connectivity index (χ1v) is 7.20. The summed E-state index contributed by atoms with van der Waals surface area (Å²) in [6, 6.07) is 16.5. The average molecular weight is 276 g/mol. The third-order valence-corrected chi connectivity index (χ3v) is 4.27. The number of hydrogen-bond acceptors (Lipinski definition) is 1. The van der Waals surface area contributed by atoms with E-state index >= 15 is 0 Å². The summed E-state index contributed by atoms with van der Waals surface area (Å²) < 4.78 is 0. The lowest BCUT2D eigenvalue weighted by Crippen LogP contribution is -2.30. The molecule has 0 unspecified atom stereocenters. The van der Waals surface area contributed by atoms with Crippen molar-refractivity contribution in [3.63, 3.8) is 0 Å². The van der Waals surface area contributed by atoms with Gasteiger partial charge in [-0.1, -0.05) is 42.5 Å². The van der Waals surface area contributed by atoms with Crippen molar-refractivity contribution in [3.05, 3.63) is 59.8 Å². The summed E-state index contributed by atoms with van der Waals surface area (Å²) in [6.07, 6.45) is 0.886. The molecule has 0 fully saturated rings. The van der Waals surface area contributed by atoms with Crippen molar-refractivity contribution < 1.29 is 4.79 Å². The van der Waals surface area contributed by atoms with Crippen LogP contribution in [0.2, 0.25) is 0 Å². The predicted octanol–water partition coefficient (Wildman–Crippen LogP) is 3.46. The van der Waals surface area contributed by atoms with Gasteiger partial charge in [0.15, 0.2) is 0 Å². The zero-order valence-electron chi connectivity index (χ0n) is 11.9. The van der Waals surface area contributed by atoms with E-state index in [4.69, 9.17) is 0 Å². The Bertz CT molecular complexity index is 847. The van der Waals surface area contributed by atoms with Crippen LogP contribution < -0.4 is 0 Å². The summed E-state index contributed by atoms with van der Waals surface area (Å²) in [5.41, 5.74) is 5.22. The third kappa shape index (κ3) is 1.77. The van der Waals surface area contributed by atoms with Crippen LogP contribution in [-0.2, 0) is 6.42 Å². The highest BCUT2D eigenvalue weighted by atomic mass is 16.2. The van der Waals surface area contributed by atoms with Crippen LogP contribution in [0.3, 0.4) is 0 Å². The molecule has 3 aromatic rings. The van der Waals surface area contributed by atoms with Crippen molar-refractivity contribution in [2.45, 2.75) is 6.42 Å². The number of H-pyrrole nitrogens is 1. The van der Waals surface area contributed by atoms with E-state index in [1.807, 2.05) is 31.3 Å². The number of aromatic nitrogens is 1. The Morgan fingerprint density at radius 3 is 2.71 bits per heavy atom. The molecule has 104 valence electrons. The molecule has 2 heterocycles. The van der Waals surface area contributed by atoms with Gasteiger partial charge in [-0.2, -0.15) is 0 Å². The highest BCUT2D eigenvalue weighted by Gasteiger charge is 2.25. The Hall–Kier alpha value is -2.55. The molecule has 3 nitrogen and oxygen atoms in total. The molecule has 0 atom stereocenters. The average Bonchev–Trinajstić information content (AvgIpc) is 2.90. The van der Waals surface area contributed by atoms with E-state index in [2.05, 4.69) is 29.2 Å². The number of aromatic amines is 1. The molecule has 21 heavy (non-hydrogen) atoms. The number of rotatable bonds is 0. The number of carbonyl (C=O) groups excluding carboxylic acids is 1. The summed E-state index contributed by atoms with van der Waals surface area (Å²) in [4.78, 5) is 17.8. The maximum absolute atomic E-state index is 12.7. The lowest BCUT2D eigenvalue weighted by atomic mass is 9.93. The smallest absolute Gasteiger partial charge is 0.270 e. The van der Waals surface area contributed by atoms with E-state index in [1.165, 1.54) is 11.1 Å². The molecule has 0 spiro atoms. The van der Waals surface area contributed by atoms with Gasteiger partial charge in [0, 0.05) is 30.1 Å². The van der Waals surface area contributed by atoms with E-state index in [0.29, 0.717) is 5.69 Å². The summed E-state index contributed by atoms with van der Waals surface area (Å²) in [6.45, 7) is 0.741. The highest BCUT2D eigenvalue weighted by molar-refractivity contribution is 6.10. The fraction of sp³-hybridized carbons (Fsp3) is 0.167. The normalized spacial score (nSPS) is 14.5. The second-order valence-electron chi connectivity index (χ2n) is 5.55. The molecule has 1 N–H and O–H groups in total. The molecule has 4 rings (SSSR count). The Morgan fingerprint density at radius 2 is 1.81 bits per heavy atom. The number of likely N-dealkylation sites (N-methyl/N-ethyl adjacent to an activating group) is 1. The number of carbonyl (C=O) groups is 1. The molecule has 1 aliphatic heterocycles. The van der Waals surface area contributed by atoms with Crippen LogP contribution >= 0.6 is 0 Å². The molecule has 1 aliphatic rings. The quantitative estimate of drug-likeness (QED) is 0.670. The molecular formula is C18H16N2O. The first-order chi connectivity index (χ1) is 10.3. The van der Waals surface area contributed by atoms with Crippen LogP contribution in [0, 0.1) is 0 Å². The van der Waals surface area contributed by atoms with Crippen LogP contribution in [0.25, 0.3) is 22.0 Å². The fourth-order valence-electron chi connectivity index (χ4n) is 3.14. The highest BCUT2D eigenvalue weighted by Crippen LogP contribution is 2.36. The van der Waals surface area contributed by atoms with Gasteiger partial charge >= 0.3 is 0 Å². The Labute approximate surface area is 123 Å². The lowest BCUT2D eigenvalue weighted by molar-refractivity contribution is 0.0791. The van der Waals surface area contributed by atoms with E-state index in [-0.39, 0.29) is 5.91 Å². The van der Waals surface area contributed by atoms with Crippen LogP contribution in [0.5, 0.6) is 0 Å². The summed E-state index contributed by atoms with van der Waals surface area (Å²) in [7, 11) is 1.87. The lowest BCUT2D eigenvalue weighted by Gasteiger charge is -2.22. The SMILES string of the molecule is CN1CCc2ccccc2-c2c([nH]c3ccccc23)C1=O.